The first-order valence-corrected chi connectivity index (χ1v) is 8.05. The molecule has 1 atom stereocenters. The number of benzene rings is 1. The second-order valence-corrected chi connectivity index (χ2v) is 7.48. The zero-order chi connectivity index (χ0) is 12.3. The highest BCUT2D eigenvalue weighted by molar-refractivity contribution is 14.1. The van der Waals surface area contributed by atoms with E-state index in [2.05, 4.69) is 80.2 Å². The summed E-state index contributed by atoms with van der Waals surface area (Å²) in [5.41, 5.74) is 1.38. The van der Waals surface area contributed by atoms with Gasteiger partial charge >= 0.3 is 0 Å². The van der Waals surface area contributed by atoms with E-state index in [1.54, 1.807) is 11.3 Å². The lowest BCUT2D eigenvalue weighted by atomic mass is 10.0. The SMILES string of the molecule is CNC(Cc1ccc(Br)s1)c1ccccc1I. The standard InChI is InChI=1S/C13H13BrINS/c1-16-12(8-9-6-7-13(14)17-9)10-4-2-3-5-11(10)15/h2-7,12,16H,8H2,1H3. The molecule has 0 aliphatic rings. The molecule has 1 heterocycles. The van der Waals surface area contributed by atoms with Crippen molar-refractivity contribution in [2.75, 3.05) is 7.05 Å². The van der Waals surface area contributed by atoms with Gasteiger partial charge in [0.25, 0.3) is 0 Å². The molecule has 0 amide bonds. The molecule has 0 saturated heterocycles. The molecule has 0 saturated carbocycles. The Labute approximate surface area is 128 Å². The normalized spacial score (nSPS) is 12.6. The van der Waals surface area contributed by atoms with Crippen molar-refractivity contribution in [3.8, 4) is 0 Å². The Hall–Kier alpha value is 0.0900. The first-order valence-electron chi connectivity index (χ1n) is 5.36. The van der Waals surface area contributed by atoms with Crippen LogP contribution in [0.25, 0.3) is 0 Å². The summed E-state index contributed by atoms with van der Waals surface area (Å²) in [5.74, 6) is 0. The highest BCUT2D eigenvalue weighted by atomic mass is 127. The van der Waals surface area contributed by atoms with Crippen LogP contribution in [-0.4, -0.2) is 7.05 Å². The Morgan fingerprint density at radius 3 is 2.65 bits per heavy atom. The maximum atomic E-state index is 3.51. The number of halogens is 2. The van der Waals surface area contributed by atoms with Crippen LogP contribution in [0.3, 0.4) is 0 Å². The van der Waals surface area contributed by atoms with E-state index in [9.17, 15) is 0 Å². The molecular weight excluding hydrogens is 409 g/mol. The molecule has 0 aliphatic carbocycles. The van der Waals surface area contributed by atoms with Crippen molar-refractivity contribution in [1.82, 2.24) is 5.32 Å². The lowest BCUT2D eigenvalue weighted by molar-refractivity contribution is 0.594. The van der Waals surface area contributed by atoms with Crippen LogP contribution in [0.5, 0.6) is 0 Å². The predicted octanol–water partition coefficient (Wildman–Crippen LogP) is 4.62. The van der Waals surface area contributed by atoms with Gasteiger partial charge in [0.05, 0.1) is 3.79 Å². The monoisotopic (exact) mass is 421 g/mol. The Morgan fingerprint density at radius 1 is 1.29 bits per heavy atom. The molecular formula is C13H13BrINS. The zero-order valence-electron chi connectivity index (χ0n) is 9.41. The van der Waals surface area contributed by atoms with Gasteiger partial charge in [-0.05, 0) is 69.3 Å². The van der Waals surface area contributed by atoms with Crippen LogP contribution in [0.2, 0.25) is 0 Å². The van der Waals surface area contributed by atoms with Gasteiger partial charge in [-0.1, -0.05) is 18.2 Å². The smallest absolute Gasteiger partial charge is 0.0701 e. The minimum Gasteiger partial charge on any atom is -0.313 e. The lowest BCUT2D eigenvalue weighted by Gasteiger charge is -2.17. The summed E-state index contributed by atoms with van der Waals surface area (Å²) in [6, 6.07) is 13.2. The van der Waals surface area contributed by atoms with Gasteiger partial charge in [-0.3, -0.25) is 0 Å². The van der Waals surface area contributed by atoms with Gasteiger partial charge in [-0.25, -0.2) is 0 Å². The Kier molecular flexibility index (Phi) is 5.02. The van der Waals surface area contributed by atoms with Gasteiger partial charge in [-0.2, -0.15) is 0 Å². The molecule has 1 nitrogen and oxygen atoms in total. The topological polar surface area (TPSA) is 12.0 Å². The fourth-order valence-electron chi connectivity index (χ4n) is 1.79. The molecule has 0 radical (unpaired) electrons. The third-order valence-corrected chi connectivity index (χ3v) is 5.29. The number of rotatable bonds is 4. The van der Waals surface area contributed by atoms with Crippen LogP contribution in [0.15, 0.2) is 40.2 Å². The first kappa shape index (κ1) is 13.5. The summed E-state index contributed by atoms with van der Waals surface area (Å²) in [7, 11) is 2.02. The van der Waals surface area contributed by atoms with Crippen LogP contribution in [0.4, 0.5) is 0 Å². The molecule has 0 spiro atoms. The van der Waals surface area contributed by atoms with Crippen molar-refractivity contribution in [3.63, 3.8) is 0 Å². The number of likely N-dealkylation sites (N-methyl/N-ethyl adjacent to an activating group) is 1. The molecule has 0 aliphatic heterocycles. The maximum Gasteiger partial charge on any atom is 0.0701 e. The van der Waals surface area contributed by atoms with Crippen LogP contribution >= 0.6 is 49.9 Å². The third-order valence-electron chi connectivity index (χ3n) is 2.66. The molecule has 1 N–H and O–H groups in total. The zero-order valence-corrected chi connectivity index (χ0v) is 14.0. The number of hydrogen-bond acceptors (Lipinski definition) is 2. The van der Waals surface area contributed by atoms with Gasteiger partial charge in [0, 0.05) is 20.9 Å². The largest absolute Gasteiger partial charge is 0.313 e. The Balaban J connectivity index is 2.20. The Bertz CT molecular complexity index is 498. The summed E-state index contributed by atoms with van der Waals surface area (Å²) in [6.07, 6.45) is 1.03. The van der Waals surface area contributed by atoms with Crippen molar-refractivity contribution in [1.29, 1.82) is 0 Å². The predicted molar refractivity (Wildman–Crippen MR) is 86.7 cm³/mol. The van der Waals surface area contributed by atoms with Gasteiger partial charge in [0.1, 0.15) is 0 Å². The second-order valence-electron chi connectivity index (χ2n) is 3.77. The average Bonchev–Trinajstić information content (AvgIpc) is 2.73. The van der Waals surface area contributed by atoms with Gasteiger partial charge in [0.2, 0.25) is 0 Å². The molecule has 1 aromatic carbocycles. The Morgan fingerprint density at radius 2 is 2.06 bits per heavy atom. The van der Waals surface area contributed by atoms with Gasteiger partial charge < -0.3 is 5.32 Å². The molecule has 17 heavy (non-hydrogen) atoms. The van der Waals surface area contributed by atoms with E-state index in [1.807, 2.05) is 7.05 Å². The minimum atomic E-state index is 0.383. The van der Waals surface area contributed by atoms with Crippen molar-refractivity contribution in [2.45, 2.75) is 12.5 Å². The quantitative estimate of drug-likeness (QED) is 0.710. The minimum absolute atomic E-state index is 0.383. The van der Waals surface area contributed by atoms with E-state index in [1.165, 1.54) is 17.8 Å². The highest BCUT2D eigenvalue weighted by Gasteiger charge is 2.13. The fraction of sp³-hybridized carbons (Fsp3) is 0.231. The van der Waals surface area contributed by atoms with Crippen molar-refractivity contribution >= 4 is 49.9 Å². The van der Waals surface area contributed by atoms with E-state index in [0.717, 1.165) is 6.42 Å². The molecule has 1 aromatic heterocycles. The van der Waals surface area contributed by atoms with Crippen LogP contribution in [0.1, 0.15) is 16.5 Å². The van der Waals surface area contributed by atoms with Crippen LogP contribution < -0.4 is 5.32 Å². The molecule has 0 fully saturated rings. The van der Waals surface area contributed by atoms with Gasteiger partial charge in [0.15, 0.2) is 0 Å². The van der Waals surface area contributed by atoms with Crippen molar-refractivity contribution < 1.29 is 0 Å². The molecule has 2 rings (SSSR count). The van der Waals surface area contributed by atoms with E-state index in [-0.39, 0.29) is 0 Å². The second kappa shape index (κ2) is 6.31. The molecule has 1 unspecified atom stereocenters. The van der Waals surface area contributed by atoms with E-state index in [0.29, 0.717) is 6.04 Å². The molecule has 4 heteroatoms. The summed E-state index contributed by atoms with van der Waals surface area (Å²) < 4.78 is 2.52. The molecule has 2 aromatic rings. The summed E-state index contributed by atoms with van der Waals surface area (Å²) in [4.78, 5) is 1.40. The van der Waals surface area contributed by atoms with E-state index < -0.39 is 0 Å². The van der Waals surface area contributed by atoms with Crippen LogP contribution in [-0.2, 0) is 6.42 Å². The molecule has 0 bridgehead atoms. The average molecular weight is 422 g/mol. The number of nitrogens with one attached hydrogen (secondary N) is 1. The lowest BCUT2D eigenvalue weighted by Crippen LogP contribution is -2.19. The summed E-state index contributed by atoms with van der Waals surface area (Å²) in [5, 5.41) is 3.40. The third kappa shape index (κ3) is 3.53. The maximum absolute atomic E-state index is 3.51. The van der Waals surface area contributed by atoms with Crippen molar-refractivity contribution in [2.24, 2.45) is 0 Å². The van der Waals surface area contributed by atoms with E-state index >= 15 is 0 Å². The first-order chi connectivity index (χ1) is 8.20. The number of hydrogen-bond donors (Lipinski definition) is 1. The molecule has 90 valence electrons. The van der Waals surface area contributed by atoms with Crippen LogP contribution in [0, 0.1) is 3.57 Å². The number of thiophene rings is 1. The van der Waals surface area contributed by atoms with Gasteiger partial charge in [-0.15, -0.1) is 11.3 Å². The van der Waals surface area contributed by atoms with E-state index in [4.69, 9.17) is 0 Å². The summed E-state index contributed by atoms with van der Waals surface area (Å²) in [6.45, 7) is 0. The fourth-order valence-corrected chi connectivity index (χ4v) is 4.08. The summed E-state index contributed by atoms with van der Waals surface area (Å²) >= 11 is 7.72. The van der Waals surface area contributed by atoms with Crippen molar-refractivity contribution in [3.05, 3.63) is 54.2 Å². The highest BCUT2D eigenvalue weighted by Crippen LogP contribution is 2.28.